The van der Waals surface area contributed by atoms with Crippen LogP contribution in [-0.4, -0.2) is 33.6 Å². The predicted octanol–water partition coefficient (Wildman–Crippen LogP) is 4.96. The van der Waals surface area contributed by atoms with Gasteiger partial charge >= 0.3 is 0 Å². The molecule has 9 heteroatoms. The van der Waals surface area contributed by atoms with Gasteiger partial charge in [-0.05, 0) is 62.4 Å². The fourth-order valence-corrected chi connectivity index (χ4v) is 5.74. The van der Waals surface area contributed by atoms with Crippen molar-refractivity contribution >= 4 is 33.2 Å². The Morgan fingerprint density at radius 3 is 2.54 bits per heavy atom. The Bertz CT molecular complexity index is 1330. The zero-order valence-corrected chi connectivity index (χ0v) is 21.3. The zero-order valence-electron chi connectivity index (χ0n) is 19.7. The van der Waals surface area contributed by atoms with Gasteiger partial charge in [-0.1, -0.05) is 35.9 Å². The van der Waals surface area contributed by atoms with E-state index in [-0.39, 0.29) is 4.90 Å². The second-order valence-corrected chi connectivity index (χ2v) is 11.2. The van der Waals surface area contributed by atoms with Crippen LogP contribution in [0.15, 0.2) is 77.7 Å². The maximum Gasteiger partial charge on any atom is 0.264 e. The van der Waals surface area contributed by atoms with Crippen molar-refractivity contribution in [1.29, 1.82) is 0 Å². The summed E-state index contributed by atoms with van der Waals surface area (Å²) in [6, 6.07) is 19.5. The molecule has 4 rings (SSSR count). The fourth-order valence-electron chi connectivity index (χ4n) is 4.12. The molecule has 184 valence electrons. The summed E-state index contributed by atoms with van der Waals surface area (Å²) in [4.78, 5) is 13.4. The van der Waals surface area contributed by atoms with Gasteiger partial charge < -0.3 is 14.8 Å². The Morgan fingerprint density at radius 2 is 1.86 bits per heavy atom. The molecule has 3 aromatic rings. The molecule has 0 aromatic heterocycles. The molecule has 1 atom stereocenters. The molecule has 1 N–H and O–H groups in total. The number of nitrogens with one attached hydrogen (secondary N) is 1. The lowest BCUT2D eigenvalue weighted by atomic mass is 9.89. The number of rotatable bonds is 7. The van der Waals surface area contributed by atoms with Crippen LogP contribution in [0.2, 0.25) is 5.02 Å². The molecule has 1 amide bonds. The predicted molar refractivity (Wildman–Crippen MR) is 136 cm³/mol. The summed E-state index contributed by atoms with van der Waals surface area (Å²) >= 11 is 6.15. The van der Waals surface area contributed by atoms with E-state index in [9.17, 15) is 13.2 Å². The van der Waals surface area contributed by atoms with E-state index in [0.29, 0.717) is 28.6 Å². The first kappa shape index (κ1) is 24.9. The summed E-state index contributed by atoms with van der Waals surface area (Å²) in [7, 11) is -2.46. The van der Waals surface area contributed by atoms with Crippen molar-refractivity contribution in [2.24, 2.45) is 0 Å². The molecule has 0 radical (unpaired) electrons. The van der Waals surface area contributed by atoms with Crippen molar-refractivity contribution in [1.82, 2.24) is 5.32 Å². The maximum absolute atomic E-state index is 13.5. The van der Waals surface area contributed by atoms with E-state index in [0.717, 1.165) is 9.87 Å². The van der Waals surface area contributed by atoms with Gasteiger partial charge in [-0.15, -0.1) is 0 Å². The Labute approximate surface area is 210 Å². The van der Waals surface area contributed by atoms with Crippen LogP contribution < -0.4 is 19.1 Å². The average Bonchev–Trinajstić information content (AvgIpc) is 2.82. The van der Waals surface area contributed by atoms with Crippen LogP contribution in [0, 0.1) is 0 Å². The number of carbonyl (C=O) groups excluding carboxylic acids is 1. The van der Waals surface area contributed by atoms with Gasteiger partial charge in [-0.3, -0.25) is 9.10 Å². The third-order valence-electron chi connectivity index (χ3n) is 5.72. The molecule has 35 heavy (non-hydrogen) atoms. The minimum atomic E-state index is -4.03. The van der Waals surface area contributed by atoms with Crippen LogP contribution >= 0.6 is 11.6 Å². The average molecular weight is 515 g/mol. The molecule has 0 fully saturated rings. The first-order chi connectivity index (χ1) is 16.6. The zero-order chi connectivity index (χ0) is 25.2. The largest absolute Gasteiger partial charge is 0.497 e. The van der Waals surface area contributed by atoms with E-state index in [2.05, 4.69) is 5.32 Å². The van der Waals surface area contributed by atoms with Crippen molar-refractivity contribution in [2.45, 2.75) is 36.8 Å². The molecule has 0 saturated heterocycles. The van der Waals surface area contributed by atoms with Gasteiger partial charge in [-0.2, -0.15) is 0 Å². The topological polar surface area (TPSA) is 84.9 Å². The van der Waals surface area contributed by atoms with E-state index in [4.69, 9.17) is 21.1 Å². The van der Waals surface area contributed by atoms with Crippen LogP contribution in [0.1, 0.15) is 31.9 Å². The summed E-state index contributed by atoms with van der Waals surface area (Å²) in [6.45, 7) is 3.46. The fraction of sp³-hybridized carbons (Fsp3) is 0.269. The Balaban J connectivity index is 1.65. The Hall–Kier alpha value is -3.23. The second kappa shape index (κ2) is 9.79. The van der Waals surface area contributed by atoms with E-state index in [1.807, 2.05) is 26.0 Å². The molecule has 0 saturated carbocycles. The van der Waals surface area contributed by atoms with Gasteiger partial charge in [0.25, 0.3) is 10.0 Å². The number of fused-ring (bicyclic) bond motifs is 1. The van der Waals surface area contributed by atoms with Crippen molar-refractivity contribution in [3.8, 4) is 11.5 Å². The van der Waals surface area contributed by atoms with Crippen LogP contribution in [0.5, 0.6) is 11.5 Å². The summed E-state index contributed by atoms with van der Waals surface area (Å²) in [5.41, 5.74) is 0.547. The highest BCUT2D eigenvalue weighted by atomic mass is 35.5. The summed E-state index contributed by atoms with van der Waals surface area (Å²) in [5.74, 6) is 0.829. The summed E-state index contributed by atoms with van der Waals surface area (Å²) in [5, 5.41) is 3.37. The standard InChI is InChI=1S/C26H27ClN2O5S/c1-26(2)16-23(22-15-20(33-3)12-13-24(22)34-26)28-25(30)17-29(19-9-7-8-18(27)14-19)35(31,32)21-10-5-4-6-11-21/h4-15,23H,16-17H2,1-3H3,(H,28,30). The first-order valence-electron chi connectivity index (χ1n) is 11.1. The molecule has 0 bridgehead atoms. The van der Waals surface area contributed by atoms with E-state index < -0.39 is 34.1 Å². The lowest BCUT2D eigenvalue weighted by molar-refractivity contribution is -0.120. The second-order valence-electron chi connectivity index (χ2n) is 8.89. The molecular formula is C26H27ClN2O5S. The number of carbonyl (C=O) groups is 1. The van der Waals surface area contributed by atoms with Crippen molar-refractivity contribution < 1.29 is 22.7 Å². The van der Waals surface area contributed by atoms with Crippen LogP contribution in [0.25, 0.3) is 0 Å². The highest BCUT2D eigenvalue weighted by molar-refractivity contribution is 7.92. The molecule has 7 nitrogen and oxygen atoms in total. The van der Waals surface area contributed by atoms with Gasteiger partial charge in [0.05, 0.1) is 23.7 Å². The number of anilines is 1. The van der Waals surface area contributed by atoms with Crippen molar-refractivity contribution in [3.05, 3.63) is 83.4 Å². The minimum absolute atomic E-state index is 0.0788. The van der Waals surface area contributed by atoms with Crippen molar-refractivity contribution in [2.75, 3.05) is 18.0 Å². The van der Waals surface area contributed by atoms with Gasteiger partial charge in [-0.25, -0.2) is 8.42 Å². The number of methoxy groups -OCH3 is 1. The molecule has 0 spiro atoms. The van der Waals surface area contributed by atoms with E-state index >= 15 is 0 Å². The van der Waals surface area contributed by atoms with Crippen LogP contribution in [0.3, 0.4) is 0 Å². The lowest BCUT2D eigenvalue weighted by Crippen LogP contribution is -2.45. The third-order valence-corrected chi connectivity index (χ3v) is 7.75. The molecule has 1 heterocycles. The Morgan fingerprint density at radius 1 is 1.11 bits per heavy atom. The quantitative estimate of drug-likeness (QED) is 0.481. The van der Waals surface area contributed by atoms with Gasteiger partial charge in [0.1, 0.15) is 23.6 Å². The number of hydrogen-bond donors (Lipinski definition) is 1. The third kappa shape index (κ3) is 5.55. The Kier molecular flexibility index (Phi) is 6.96. The minimum Gasteiger partial charge on any atom is -0.497 e. The number of benzene rings is 3. The number of hydrogen-bond acceptors (Lipinski definition) is 5. The van der Waals surface area contributed by atoms with E-state index in [1.54, 1.807) is 49.6 Å². The maximum atomic E-state index is 13.5. The highest BCUT2D eigenvalue weighted by Crippen LogP contribution is 2.41. The number of halogens is 1. The molecular weight excluding hydrogens is 488 g/mol. The molecule has 3 aromatic carbocycles. The highest BCUT2D eigenvalue weighted by Gasteiger charge is 2.36. The molecule has 1 aliphatic rings. The molecule has 0 aliphatic carbocycles. The smallest absolute Gasteiger partial charge is 0.264 e. The number of nitrogens with zero attached hydrogens (tertiary/aromatic N) is 1. The van der Waals surface area contributed by atoms with E-state index in [1.165, 1.54) is 18.2 Å². The summed E-state index contributed by atoms with van der Waals surface area (Å²) < 4.78 is 39.5. The normalized spacial score (nSPS) is 16.5. The monoisotopic (exact) mass is 514 g/mol. The number of amides is 1. The molecule has 1 aliphatic heterocycles. The molecule has 1 unspecified atom stereocenters. The van der Waals surface area contributed by atoms with Crippen LogP contribution in [0.4, 0.5) is 5.69 Å². The SMILES string of the molecule is COc1ccc2c(c1)C(NC(=O)CN(c1cccc(Cl)c1)S(=O)(=O)c1ccccc1)CC(C)(C)O2. The number of sulfonamides is 1. The van der Waals surface area contributed by atoms with Gasteiger partial charge in [0, 0.05) is 17.0 Å². The summed E-state index contributed by atoms with van der Waals surface area (Å²) in [6.07, 6.45) is 0.501. The lowest BCUT2D eigenvalue weighted by Gasteiger charge is -2.38. The van der Waals surface area contributed by atoms with Crippen LogP contribution in [-0.2, 0) is 14.8 Å². The first-order valence-corrected chi connectivity index (χ1v) is 12.9. The van der Waals surface area contributed by atoms with Gasteiger partial charge in [0.2, 0.25) is 5.91 Å². The van der Waals surface area contributed by atoms with Crippen molar-refractivity contribution in [3.63, 3.8) is 0 Å². The number of ether oxygens (including phenoxy) is 2. The van der Waals surface area contributed by atoms with Gasteiger partial charge in [0.15, 0.2) is 0 Å².